The summed E-state index contributed by atoms with van der Waals surface area (Å²) in [4.78, 5) is 11.5. The Balaban J connectivity index is 2.27. The molecule has 0 aliphatic rings. The predicted molar refractivity (Wildman–Crippen MR) is 122 cm³/mol. The van der Waals surface area contributed by atoms with Gasteiger partial charge in [-0.2, -0.15) is 0 Å². The summed E-state index contributed by atoms with van der Waals surface area (Å²) in [6.45, 7) is 11.5. The number of hydrogen-bond donors (Lipinski definition) is 1. The van der Waals surface area contributed by atoms with E-state index in [1.807, 2.05) is 59.7 Å². The molecular formula is C24H33O6P. The second-order valence-corrected chi connectivity index (χ2v) is 10.3. The van der Waals surface area contributed by atoms with Gasteiger partial charge in [-0.05, 0) is 88.9 Å². The van der Waals surface area contributed by atoms with Crippen LogP contribution in [0.3, 0.4) is 0 Å². The number of aromatic carboxylic acids is 1. The second kappa shape index (κ2) is 11.1. The minimum absolute atomic E-state index is 0.0567. The average molecular weight is 448 g/mol. The third kappa shape index (κ3) is 7.89. The Hall–Kier alpha value is -1.98. The molecule has 0 bridgehead atoms. The van der Waals surface area contributed by atoms with Gasteiger partial charge in [0.2, 0.25) is 0 Å². The lowest BCUT2D eigenvalue weighted by Gasteiger charge is -2.23. The molecule has 0 atom stereocenters. The van der Waals surface area contributed by atoms with Crippen LogP contribution in [-0.4, -0.2) is 29.4 Å². The minimum atomic E-state index is -3.43. The molecule has 0 aliphatic carbocycles. The van der Waals surface area contributed by atoms with Crippen LogP contribution >= 0.6 is 7.60 Å². The number of carboxylic acid groups (broad SMARTS) is 1. The Kier molecular flexibility index (Phi) is 9.01. The van der Waals surface area contributed by atoms with Gasteiger partial charge in [0.1, 0.15) is 0 Å². The van der Waals surface area contributed by atoms with Crippen molar-refractivity contribution in [3.05, 3.63) is 64.7 Å². The van der Waals surface area contributed by atoms with E-state index in [0.29, 0.717) is 18.3 Å². The zero-order chi connectivity index (χ0) is 23.2. The third-order valence-corrected chi connectivity index (χ3v) is 6.57. The summed E-state index contributed by atoms with van der Waals surface area (Å²) >= 11 is 0. The molecule has 0 heterocycles. The Bertz CT molecular complexity index is 904. The van der Waals surface area contributed by atoms with Crippen LogP contribution in [0.25, 0.3) is 0 Å². The fraction of sp³-hybridized carbons (Fsp3) is 0.458. The van der Waals surface area contributed by atoms with Gasteiger partial charge < -0.3 is 18.9 Å². The van der Waals surface area contributed by atoms with E-state index in [2.05, 4.69) is 0 Å². The van der Waals surface area contributed by atoms with Crippen LogP contribution in [0.1, 0.15) is 68.6 Å². The van der Waals surface area contributed by atoms with Crippen molar-refractivity contribution >= 4 is 18.9 Å². The number of rotatable bonds is 11. The summed E-state index contributed by atoms with van der Waals surface area (Å²) in [6, 6.07) is 12.5. The van der Waals surface area contributed by atoms with Gasteiger partial charge >= 0.3 is 13.6 Å². The van der Waals surface area contributed by atoms with Crippen molar-refractivity contribution in [2.45, 2.75) is 72.9 Å². The SMILES string of the molecule is CC(C)OCc1cc(Cc2ccc(P(=O)(OC(C)C)OC(C)C)cc2)cc(C(=O)O)c1. The largest absolute Gasteiger partial charge is 0.478 e. The van der Waals surface area contributed by atoms with Crippen molar-refractivity contribution in [2.24, 2.45) is 0 Å². The van der Waals surface area contributed by atoms with Gasteiger partial charge in [-0.15, -0.1) is 0 Å². The monoisotopic (exact) mass is 448 g/mol. The van der Waals surface area contributed by atoms with Crippen LogP contribution in [0.4, 0.5) is 0 Å². The number of carbonyl (C=O) groups is 1. The van der Waals surface area contributed by atoms with Crippen molar-refractivity contribution in [1.29, 1.82) is 0 Å². The highest BCUT2D eigenvalue weighted by atomic mass is 31.2. The van der Waals surface area contributed by atoms with Crippen LogP contribution in [-0.2, 0) is 31.4 Å². The molecule has 170 valence electrons. The molecule has 0 radical (unpaired) electrons. The Morgan fingerprint density at radius 2 is 1.39 bits per heavy atom. The van der Waals surface area contributed by atoms with Crippen molar-refractivity contribution in [2.75, 3.05) is 0 Å². The fourth-order valence-electron chi connectivity index (χ4n) is 3.07. The van der Waals surface area contributed by atoms with E-state index >= 15 is 0 Å². The van der Waals surface area contributed by atoms with Crippen molar-refractivity contribution in [1.82, 2.24) is 0 Å². The molecule has 31 heavy (non-hydrogen) atoms. The standard InChI is InChI=1S/C24H33O6P/c1-16(2)28-15-21-12-20(13-22(14-21)24(25)26)11-19-7-9-23(10-8-19)31(27,29-17(3)4)30-18(5)6/h7-10,12-14,16-18H,11,15H2,1-6H3,(H,25,26). The molecule has 0 aliphatic heterocycles. The van der Waals surface area contributed by atoms with E-state index in [9.17, 15) is 14.5 Å². The van der Waals surface area contributed by atoms with E-state index < -0.39 is 13.6 Å². The third-order valence-electron chi connectivity index (χ3n) is 4.24. The molecule has 6 nitrogen and oxygen atoms in total. The second-order valence-electron chi connectivity index (χ2n) is 8.35. The van der Waals surface area contributed by atoms with Crippen LogP contribution in [0.15, 0.2) is 42.5 Å². The highest BCUT2D eigenvalue weighted by Crippen LogP contribution is 2.49. The maximum atomic E-state index is 13.3. The molecule has 1 N–H and O–H groups in total. The zero-order valence-corrected chi connectivity index (χ0v) is 20.0. The van der Waals surface area contributed by atoms with Crippen LogP contribution < -0.4 is 5.30 Å². The highest BCUT2D eigenvalue weighted by molar-refractivity contribution is 7.62. The lowest BCUT2D eigenvalue weighted by molar-refractivity contribution is 0.0652. The maximum absolute atomic E-state index is 13.3. The average Bonchev–Trinajstić information content (AvgIpc) is 2.65. The van der Waals surface area contributed by atoms with Gasteiger partial charge in [0.25, 0.3) is 0 Å². The van der Waals surface area contributed by atoms with Gasteiger partial charge in [0, 0.05) is 0 Å². The highest BCUT2D eigenvalue weighted by Gasteiger charge is 2.30. The van der Waals surface area contributed by atoms with E-state index in [1.165, 1.54) is 0 Å². The number of ether oxygens (including phenoxy) is 1. The van der Waals surface area contributed by atoms with E-state index in [1.54, 1.807) is 24.3 Å². The molecular weight excluding hydrogens is 415 g/mol. The molecule has 2 aromatic rings. The Morgan fingerprint density at radius 3 is 1.87 bits per heavy atom. The summed E-state index contributed by atoms with van der Waals surface area (Å²) < 4.78 is 30.2. The van der Waals surface area contributed by atoms with E-state index in [0.717, 1.165) is 16.7 Å². The Morgan fingerprint density at radius 1 is 0.839 bits per heavy atom. The normalized spacial score (nSPS) is 12.2. The smallest absolute Gasteiger partial charge is 0.361 e. The van der Waals surface area contributed by atoms with Gasteiger partial charge in [-0.3, -0.25) is 4.57 Å². The topological polar surface area (TPSA) is 82.1 Å². The number of carboxylic acids is 1. The molecule has 0 aromatic heterocycles. The number of hydrogen-bond acceptors (Lipinski definition) is 5. The first kappa shape index (κ1) is 25.3. The van der Waals surface area contributed by atoms with E-state index in [4.69, 9.17) is 13.8 Å². The first-order chi connectivity index (χ1) is 14.5. The molecule has 0 unspecified atom stereocenters. The van der Waals surface area contributed by atoms with Gasteiger partial charge in [0.15, 0.2) is 0 Å². The van der Waals surface area contributed by atoms with Crippen molar-refractivity contribution in [3.8, 4) is 0 Å². The molecule has 0 saturated carbocycles. The van der Waals surface area contributed by atoms with Crippen LogP contribution in [0.5, 0.6) is 0 Å². The zero-order valence-electron chi connectivity index (χ0n) is 19.1. The van der Waals surface area contributed by atoms with E-state index in [-0.39, 0.29) is 23.9 Å². The van der Waals surface area contributed by atoms with Crippen LogP contribution in [0.2, 0.25) is 0 Å². The van der Waals surface area contributed by atoms with Gasteiger partial charge in [0.05, 0.1) is 35.8 Å². The fourth-order valence-corrected chi connectivity index (χ4v) is 4.99. The quantitative estimate of drug-likeness (QED) is 0.453. The summed E-state index contributed by atoms with van der Waals surface area (Å²) in [5, 5.41) is 9.95. The Labute approximate surface area is 185 Å². The lowest BCUT2D eigenvalue weighted by atomic mass is 10.00. The summed E-state index contributed by atoms with van der Waals surface area (Å²) in [5.74, 6) is -0.972. The number of benzene rings is 2. The molecule has 0 amide bonds. The van der Waals surface area contributed by atoms with Gasteiger partial charge in [-0.25, -0.2) is 4.79 Å². The summed E-state index contributed by atoms with van der Waals surface area (Å²) in [5.41, 5.74) is 2.88. The van der Waals surface area contributed by atoms with Crippen LogP contribution in [0, 0.1) is 0 Å². The maximum Gasteiger partial charge on any atom is 0.361 e. The van der Waals surface area contributed by atoms with Gasteiger partial charge in [-0.1, -0.05) is 18.2 Å². The predicted octanol–water partition coefficient (Wildman–Crippen LogP) is 5.57. The molecule has 2 rings (SSSR count). The minimum Gasteiger partial charge on any atom is -0.478 e. The molecule has 7 heteroatoms. The lowest BCUT2D eigenvalue weighted by Crippen LogP contribution is -2.16. The molecule has 2 aromatic carbocycles. The summed E-state index contributed by atoms with van der Waals surface area (Å²) in [7, 11) is -3.43. The van der Waals surface area contributed by atoms with Crippen molar-refractivity contribution < 1.29 is 28.3 Å². The first-order valence-electron chi connectivity index (χ1n) is 10.5. The molecule has 0 spiro atoms. The first-order valence-corrected chi connectivity index (χ1v) is 12.1. The van der Waals surface area contributed by atoms with Crippen molar-refractivity contribution in [3.63, 3.8) is 0 Å². The molecule has 0 saturated heterocycles. The summed E-state index contributed by atoms with van der Waals surface area (Å²) in [6.07, 6.45) is 0.112. The molecule has 0 fully saturated rings.